The number of nitrogens with zero attached hydrogens (tertiary/aromatic N) is 4. The molecule has 1 N–H and O–H groups in total. The first-order chi connectivity index (χ1) is 10.6. The Kier molecular flexibility index (Phi) is 4.54. The van der Waals surface area contributed by atoms with Crippen LogP contribution < -0.4 is 5.32 Å². The zero-order valence-corrected chi connectivity index (χ0v) is 13.7. The third-order valence-electron chi connectivity index (χ3n) is 4.25. The molecule has 2 aromatic rings. The molecule has 3 rings (SSSR count). The van der Waals surface area contributed by atoms with E-state index in [1.54, 1.807) is 11.0 Å². The van der Waals surface area contributed by atoms with E-state index >= 15 is 0 Å². The lowest BCUT2D eigenvalue weighted by Crippen LogP contribution is -2.45. The van der Waals surface area contributed by atoms with Gasteiger partial charge in [0.15, 0.2) is 0 Å². The molecule has 1 aliphatic rings. The first-order valence-corrected chi connectivity index (χ1v) is 8.44. The Bertz CT molecular complexity index is 624. The van der Waals surface area contributed by atoms with Gasteiger partial charge in [0.05, 0.1) is 0 Å². The van der Waals surface area contributed by atoms with Gasteiger partial charge in [-0.2, -0.15) is 5.10 Å². The second-order valence-corrected chi connectivity index (χ2v) is 6.74. The maximum Gasteiger partial charge on any atom is 0.244 e. The number of hydrogen-bond donors (Lipinski definition) is 1. The van der Waals surface area contributed by atoms with E-state index in [1.165, 1.54) is 16.8 Å². The number of hydrogen-bond acceptors (Lipinski definition) is 5. The standard InChI is InChI=1S/C15H21N5OS/c1-11(19-5-3-14-13(8-19)4-6-22-14)7-17-15(21)12(2)20-10-16-9-18-20/h4,6,9-12H,3,5,7-8H2,1-2H3,(H,17,21). The molecule has 0 saturated heterocycles. The molecule has 0 aliphatic carbocycles. The van der Waals surface area contributed by atoms with Crippen LogP contribution in [0.15, 0.2) is 24.1 Å². The minimum absolute atomic E-state index is 0.0226. The van der Waals surface area contributed by atoms with Crippen molar-refractivity contribution >= 4 is 17.2 Å². The first kappa shape index (κ1) is 15.2. The van der Waals surface area contributed by atoms with E-state index in [4.69, 9.17) is 0 Å². The van der Waals surface area contributed by atoms with E-state index in [1.807, 2.05) is 18.3 Å². The van der Waals surface area contributed by atoms with Gasteiger partial charge in [-0.25, -0.2) is 9.67 Å². The van der Waals surface area contributed by atoms with E-state index in [0.717, 1.165) is 19.5 Å². The van der Waals surface area contributed by atoms with Crippen molar-refractivity contribution in [3.8, 4) is 0 Å². The highest BCUT2D eigenvalue weighted by atomic mass is 32.1. The molecule has 118 valence electrons. The minimum Gasteiger partial charge on any atom is -0.353 e. The molecule has 0 spiro atoms. The number of carbonyl (C=O) groups is 1. The number of nitrogens with one attached hydrogen (secondary N) is 1. The van der Waals surface area contributed by atoms with Crippen LogP contribution >= 0.6 is 11.3 Å². The largest absolute Gasteiger partial charge is 0.353 e. The van der Waals surface area contributed by atoms with Crippen molar-refractivity contribution in [2.24, 2.45) is 0 Å². The number of carbonyl (C=O) groups excluding carboxylic acids is 1. The summed E-state index contributed by atoms with van der Waals surface area (Å²) in [6.07, 6.45) is 4.12. The number of fused-ring (bicyclic) bond motifs is 1. The van der Waals surface area contributed by atoms with Crippen molar-refractivity contribution in [3.63, 3.8) is 0 Å². The predicted molar refractivity (Wildman–Crippen MR) is 85.6 cm³/mol. The van der Waals surface area contributed by atoms with Crippen LogP contribution in [0.1, 0.15) is 30.3 Å². The van der Waals surface area contributed by atoms with Crippen LogP contribution in [0.25, 0.3) is 0 Å². The fourth-order valence-corrected chi connectivity index (χ4v) is 3.60. The lowest BCUT2D eigenvalue weighted by atomic mass is 10.1. The van der Waals surface area contributed by atoms with Crippen molar-refractivity contribution < 1.29 is 4.79 Å². The Morgan fingerprint density at radius 2 is 2.36 bits per heavy atom. The summed E-state index contributed by atoms with van der Waals surface area (Å²) < 4.78 is 1.57. The van der Waals surface area contributed by atoms with Gasteiger partial charge in [0.25, 0.3) is 0 Å². The Labute approximate surface area is 134 Å². The summed E-state index contributed by atoms with van der Waals surface area (Å²) in [5.74, 6) is -0.0226. The van der Waals surface area contributed by atoms with Gasteiger partial charge in [-0.1, -0.05) is 0 Å². The van der Waals surface area contributed by atoms with Gasteiger partial charge in [-0.3, -0.25) is 9.69 Å². The fourth-order valence-electron chi connectivity index (χ4n) is 2.71. The second-order valence-electron chi connectivity index (χ2n) is 5.74. The van der Waals surface area contributed by atoms with E-state index < -0.39 is 0 Å². The molecule has 0 aromatic carbocycles. The van der Waals surface area contributed by atoms with Gasteiger partial charge in [-0.15, -0.1) is 11.3 Å². The maximum atomic E-state index is 12.2. The molecule has 22 heavy (non-hydrogen) atoms. The highest BCUT2D eigenvalue weighted by molar-refractivity contribution is 7.10. The van der Waals surface area contributed by atoms with Crippen molar-refractivity contribution in [1.82, 2.24) is 25.0 Å². The monoisotopic (exact) mass is 319 g/mol. The molecule has 0 fully saturated rings. The number of aromatic nitrogens is 3. The summed E-state index contributed by atoms with van der Waals surface area (Å²) in [7, 11) is 0. The van der Waals surface area contributed by atoms with Gasteiger partial charge in [0.2, 0.25) is 5.91 Å². The van der Waals surface area contributed by atoms with E-state index in [9.17, 15) is 4.79 Å². The van der Waals surface area contributed by atoms with Crippen molar-refractivity contribution in [3.05, 3.63) is 34.5 Å². The van der Waals surface area contributed by atoms with Gasteiger partial charge in [0.1, 0.15) is 18.7 Å². The maximum absolute atomic E-state index is 12.2. The first-order valence-electron chi connectivity index (χ1n) is 7.56. The molecule has 2 atom stereocenters. The summed E-state index contributed by atoms with van der Waals surface area (Å²) in [4.78, 5) is 20.0. The van der Waals surface area contributed by atoms with Crippen LogP contribution in [0.5, 0.6) is 0 Å². The Balaban J connectivity index is 1.50. The quantitative estimate of drug-likeness (QED) is 0.906. The molecule has 0 bridgehead atoms. The van der Waals surface area contributed by atoms with Crippen molar-refractivity contribution in [2.75, 3.05) is 13.1 Å². The van der Waals surface area contributed by atoms with Crippen LogP contribution in [0, 0.1) is 0 Å². The SMILES string of the molecule is CC(CNC(=O)C(C)n1cncn1)N1CCc2sccc2C1. The third kappa shape index (κ3) is 3.20. The van der Waals surface area contributed by atoms with E-state index in [2.05, 4.69) is 38.7 Å². The van der Waals surface area contributed by atoms with E-state index in [-0.39, 0.29) is 11.9 Å². The molecule has 1 amide bonds. The topological polar surface area (TPSA) is 63.1 Å². The fraction of sp³-hybridized carbons (Fsp3) is 0.533. The van der Waals surface area contributed by atoms with Crippen LogP contribution in [-0.4, -0.2) is 44.7 Å². The Hall–Kier alpha value is -1.73. The number of rotatable bonds is 5. The van der Waals surface area contributed by atoms with E-state index in [0.29, 0.717) is 12.6 Å². The Morgan fingerprint density at radius 1 is 1.50 bits per heavy atom. The molecule has 7 heteroatoms. The predicted octanol–water partition coefficient (Wildman–Crippen LogP) is 1.46. The molecule has 6 nitrogen and oxygen atoms in total. The molecule has 0 radical (unpaired) electrons. The third-order valence-corrected chi connectivity index (χ3v) is 5.27. The second kappa shape index (κ2) is 6.58. The summed E-state index contributed by atoms with van der Waals surface area (Å²) in [6, 6.07) is 2.20. The van der Waals surface area contributed by atoms with Crippen molar-refractivity contribution in [1.29, 1.82) is 0 Å². The molecule has 2 aromatic heterocycles. The highest BCUT2D eigenvalue weighted by Gasteiger charge is 2.22. The zero-order valence-electron chi connectivity index (χ0n) is 12.9. The van der Waals surface area contributed by atoms with Gasteiger partial charge >= 0.3 is 0 Å². The van der Waals surface area contributed by atoms with Crippen LogP contribution in [0.4, 0.5) is 0 Å². The molecule has 2 unspecified atom stereocenters. The normalized spacial score (nSPS) is 17.7. The molecular formula is C15H21N5OS. The van der Waals surface area contributed by atoms with Gasteiger partial charge in [-0.05, 0) is 37.3 Å². The molecule has 0 saturated carbocycles. The Morgan fingerprint density at radius 3 is 3.14 bits per heavy atom. The van der Waals surface area contributed by atoms with Gasteiger partial charge in [0, 0.05) is 30.6 Å². The molecule has 3 heterocycles. The highest BCUT2D eigenvalue weighted by Crippen LogP contribution is 2.24. The number of amides is 1. The van der Waals surface area contributed by atoms with Crippen LogP contribution in [0.2, 0.25) is 0 Å². The summed E-state index contributed by atoms with van der Waals surface area (Å²) in [6.45, 7) is 6.68. The molecule has 1 aliphatic heterocycles. The summed E-state index contributed by atoms with van der Waals surface area (Å²) in [5.41, 5.74) is 1.44. The van der Waals surface area contributed by atoms with Gasteiger partial charge < -0.3 is 5.32 Å². The summed E-state index contributed by atoms with van der Waals surface area (Å²) in [5, 5.41) is 9.19. The average molecular weight is 319 g/mol. The summed E-state index contributed by atoms with van der Waals surface area (Å²) >= 11 is 1.85. The zero-order chi connectivity index (χ0) is 15.5. The smallest absolute Gasteiger partial charge is 0.244 e. The van der Waals surface area contributed by atoms with Crippen LogP contribution in [0.3, 0.4) is 0 Å². The lowest BCUT2D eigenvalue weighted by Gasteiger charge is -2.32. The number of thiophene rings is 1. The average Bonchev–Trinajstić information content (AvgIpc) is 3.21. The van der Waals surface area contributed by atoms with Crippen molar-refractivity contribution in [2.45, 2.75) is 38.9 Å². The minimum atomic E-state index is -0.334. The van der Waals surface area contributed by atoms with Crippen LogP contribution in [-0.2, 0) is 17.8 Å². The lowest BCUT2D eigenvalue weighted by molar-refractivity contribution is -0.124. The molecular weight excluding hydrogens is 298 g/mol.